The van der Waals surface area contributed by atoms with Gasteiger partial charge in [0.2, 0.25) is 0 Å². The third kappa shape index (κ3) is 3.23. The van der Waals surface area contributed by atoms with Crippen molar-refractivity contribution < 1.29 is 14.3 Å². The first-order chi connectivity index (χ1) is 12.7. The van der Waals surface area contributed by atoms with Crippen molar-refractivity contribution >= 4 is 28.5 Å². The Balaban J connectivity index is 1.32. The van der Waals surface area contributed by atoms with E-state index >= 15 is 0 Å². The zero-order valence-corrected chi connectivity index (χ0v) is 14.1. The Labute approximate surface area is 150 Å². The van der Waals surface area contributed by atoms with E-state index in [4.69, 9.17) is 4.74 Å². The zero-order chi connectivity index (χ0) is 17.9. The summed E-state index contributed by atoms with van der Waals surface area (Å²) >= 11 is 0. The smallest absolute Gasteiger partial charge is 0.262 e. The number of rotatable bonds is 5. The van der Waals surface area contributed by atoms with Crippen molar-refractivity contribution in [1.29, 1.82) is 0 Å². The molecule has 2 N–H and O–H groups in total. The number of anilines is 1. The number of hydrogen-bond acceptors (Lipinski definition) is 4. The van der Waals surface area contributed by atoms with Crippen molar-refractivity contribution in [3.05, 3.63) is 54.4 Å². The van der Waals surface area contributed by atoms with E-state index in [1.54, 1.807) is 18.2 Å². The number of ether oxygens (including phenoxy) is 1. The Hall–Kier alpha value is -3.35. The number of para-hydroxylation sites is 2. The van der Waals surface area contributed by atoms with Crippen LogP contribution >= 0.6 is 0 Å². The van der Waals surface area contributed by atoms with Gasteiger partial charge in [-0.3, -0.25) is 9.59 Å². The first-order valence-corrected chi connectivity index (χ1v) is 8.45. The highest BCUT2D eigenvalue weighted by atomic mass is 16.5. The molecule has 2 aromatic carbocycles. The quantitative estimate of drug-likeness (QED) is 0.691. The van der Waals surface area contributed by atoms with Gasteiger partial charge in [-0.2, -0.15) is 0 Å². The van der Waals surface area contributed by atoms with E-state index in [1.807, 2.05) is 30.6 Å². The fraction of sp³-hybridized carbons (Fsp3) is 0.211. The number of nitrogens with one attached hydrogen (secondary N) is 2. The van der Waals surface area contributed by atoms with Gasteiger partial charge in [0, 0.05) is 18.7 Å². The predicted octanol–water partition coefficient (Wildman–Crippen LogP) is 2.19. The van der Waals surface area contributed by atoms with Crippen LogP contribution in [0, 0.1) is 0 Å². The van der Waals surface area contributed by atoms with Crippen LogP contribution in [0.2, 0.25) is 0 Å². The van der Waals surface area contributed by atoms with Gasteiger partial charge in [-0.15, -0.1) is 0 Å². The lowest BCUT2D eigenvalue weighted by Gasteiger charge is -2.18. The van der Waals surface area contributed by atoms with Crippen molar-refractivity contribution in [3.8, 4) is 5.75 Å². The van der Waals surface area contributed by atoms with Crippen molar-refractivity contribution in [1.82, 2.24) is 14.9 Å². The molecule has 0 unspecified atom stereocenters. The minimum absolute atomic E-state index is 0.0308. The lowest BCUT2D eigenvalue weighted by Crippen LogP contribution is -2.27. The molecule has 0 atom stereocenters. The largest absolute Gasteiger partial charge is 0.482 e. The fourth-order valence-corrected chi connectivity index (χ4v) is 2.96. The Bertz CT molecular complexity index is 980. The first kappa shape index (κ1) is 16.1. The number of aryl methyl sites for hydroxylation is 1. The van der Waals surface area contributed by atoms with Gasteiger partial charge < -0.3 is 19.9 Å². The van der Waals surface area contributed by atoms with E-state index in [0.29, 0.717) is 23.5 Å². The molecule has 0 radical (unpaired) electrons. The van der Waals surface area contributed by atoms with Gasteiger partial charge in [-0.1, -0.05) is 12.1 Å². The zero-order valence-electron chi connectivity index (χ0n) is 14.1. The number of fused-ring (bicyclic) bond motifs is 2. The van der Waals surface area contributed by atoms with Crippen molar-refractivity contribution in [2.75, 3.05) is 18.5 Å². The summed E-state index contributed by atoms with van der Waals surface area (Å²) in [5.74, 6) is 0.160. The Morgan fingerprint density at radius 1 is 1.27 bits per heavy atom. The number of benzene rings is 2. The van der Waals surface area contributed by atoms with E-state index in [0.717, 1.165) is 24.0 Å². The van der Waals surface area contributed by atoms with Gasteiger partial charge in [-0.05, 0) is 36.8 Å². The number of carbonyl (C=O) groups excluding carboxylic acids is 2. The Morgan fingerprint density at radius 3 is 3.08 bits per heavy atom. The lowest BCUT2D eigenvalue weighted by atomic mass is 10.1. The number of imidazole rings is 1. The molecule has 132 valence electrons. The van der Waals surface area contributed by atoms with Crippen LogP contribution in [0.15, 0.2) is 48.8 Å². The van der Waals surface area contributed by atoms with Crippen molar-refractivity contribution in [2.45, 2.75) is 13.0 Å². The van der Waals surface area contributed by atoms with Crippen LogP contribution < -0.4 is 15.4 Å². The SMILES string of the molecule is O=C1COc2cc(C(=O)NCCCn3cnc4ccccc43)ccc2N1. The van der Waals surface area contributed by atoms with E-state index in [-0.39, 0.29) is 18.4 Å². The highest BCUT2D eigenvalue weighted by Crippen LogP contribution is 2.28. The summed E-state index contributed by atoms with van der Waals surface area (Å²) in [7, 11) is 0. The Kier molecular flexibility index (Phi) is 4.27. The second kappa shape index (κ2) is 6.87. The van der Waals surface area contributed by atoms with E-state index < -0.39 is 0 Å². The second-order valence-corrected chi connectivity index (χ2v) is 6.08. The standard InChI is InChI=1S/C19H18N4O3/c24-18-11-26-17-10-13(6-7-15(17)22-18)19(25)20-8-3-9-23-12-21-14-4-1-2-5-16(14)23/h1-2,4-7,10,12H,3,8-9,11H2,(H,20,25)(H,22,24). The molecule has 2 heterocycles. The molecule has 7 nitrogen and oxygen atoms in total. The molecule has 0 saturated heterocycles. The summed E-state index contributed by atoms with van der Waals surface area (Å²) in [6.07, 6.45) is 2.62. The van der Waals surface area contributed by atoms with Crippen LogP contribution in [-0.2, 0) is 11.3 Å². The molecule has 0 aliphatic carbocycles. The van der Waals surface area contributed by atoms with Crippen LogP contribution in [0.3, 0.4) is 0 Å². The minimum atomic E-state index is -0.193. The van der Waals surface area contributed by atoms with Gasteiger partial charge >= 0.3 is 0 Å². The van der Waals surface area contributed by atoms with Gasteiger partial charge in [-0.25, -0.2) is 4.98 Å². The highest BCUT2D eigenvalue weighted by molar-refractivity contribution is 5.98. The summed E-state index contributed by atoms with van der Waals surface area (Å²) in [6.45, 7) is 1.30. The molecule has 0 spiro atoms. The monoisotopic (exact) mass is 350 g/mol. The molecule has 1 aromatic heterocycles. The summed E-state index contributed by atoms with van der Waals surface area (Å²) in [5.41, 5.74) is 3.16. The van der Waals surface area contributed by atoms with Crippen molar-refractivity contribution in [3.63, 3.8) is 0 Å². The van der Waals surface area contributed by atoms with Gasteiger partial charge in [0.25, 0.3) is 11.8 Å². The lowest BCUT2D eigenvalue weighted by molar-refractivity contribution is -0.118. The van der Waals surface area contributed by atoms with Crippen LogP contribution in [0.1, 0.15) is 16.8 Å². The topological polar surface area (TPSA) is 85.2 Å². The summed E-state index contributed by atoms with van der Waals surface area (Å²) in [4.78, 5) is 27.9. The number of carbonyl (C=O) groups is 2. The predicted molar refractivity (Wildman–Crippen MR) is 97.2 cm³/mol. The van der Waals surface area contributed by atoms with Gasteiger partial charge in [0.1, 0.15) is 5.75 Å². The minimum Gasteiger partial charge on any atom is -0.482 e. The number of hydrogen-bond donors (Lipinski definition) is 2. The summed E-state index contributed by atoms with van der Waals surface area (Å²) in [5, 5.41) is 5.61. The third-order valence-corrected chi connectivity index (χ3v) is 4.27. The maximum atomic E-state index is 12.3. The van der Waals surface area contributed by atoms with Crippen LogP contribution in [-0.4, -0.2) is 34.5 Å². The van der Waals surface area contributed by atoms with E-state index in [1.165, 1.54) is 0 Å². The molecule has 1 aliphatic rings. The van der Waals surface area contributed by atoms with Crippen LogP contribution in [0.4, 0.5) is 5.69 Å². The molecule has 3 aromatic rings. The molecule has 4 rings (SSSR count). The van der Waals surface area contributed by atoms with Crippen LogP contribution in [0.25, 0.3) is 11.0 Å². The fourth-order valence-electron chi connectivity index (χ4n) is 2.96. The molecule has 0 bridgehead atoms. The normalized spacial score (nSPS) is 13.0. The molecular weight excluding hydrogens is 332 g/mol. The van der Waals surface area contributed by atoms with Gasteiger partial charge in [0.05, 0.1) is 23.0 Å². The number of nitrogens with zero attached hydrogens (tertiary/aromatic N) is 2. The average molecular weight is 350 g/mol. The third-order valence-electron chi connectivity index (χ3n) is 4.27. The van der Waals surface area contributed by atoms with E-state index in [2.05, 4.69) is 20.2 Å². The summed E-state index contributed by atoms with van der Waals surface area (Å²) in [6, 6.07) is 13.0. The average Bonchev–Trinajstić information content (AvgIpc) is 3.08. The maximum Gasteiger partial charge on any atom is 0.262 e. The first-order valence-electron chi connectivity index (χ1n) is 8.45. The Morgan fingerprint density at radius 2 is 2.15 bits per heavy atom. The second-order valence-electron chi connectivity index (χ2n) is 6.08. The number of aromatic nitrogens is 2. The molecule has 2 amide bonds. The highest BCUT2D eigenvalue weighted by Gasteiger charge is 2.17. The van der Waals surface area contributed by atoms with Crippen molar-refractivity contribution in [2.24, 2.45) is 0 Å². The van der Waals surface area contributed by atoms with Gasteiger partial charge in [0.15, 0.2) is 6.61 Å². The summed E-state index contributed by atoms with van der Waals surface area (Å²) < 4.78 is 7.42. The molecule has 7 heteroatoms. The molecule has 0 saturated carbocycles. The van der Waals surface area contributed by atoms with E-state index in [9.17, 15) is 9.59 Å². The molecule has 1 aliphatic heterocycles. The molecule has 26 heavy (non-hydrogen) atoms. The number of amides is 2. The molecular formula is C19H18N4O3. The maximum absolute atomic E-state index is 12.3. The van der Waals surface area contributed by atoms with Crippen LogP contribution in [0.5, 0.6) is 5.75 Å². The molecule has 0 fully saturated rings.